The van der Waals surface area contributed by atoms with Gasteiger partial charge in [0.05, 0.1) is 5.56 Å². The minimum Gasteiger partial charge on any atom is -0.478 e. The zero-order valence-electron chi connectivity index (χ0n) is 9.40. The molecule has 1 heterocycles. The second kappa shape index (κ2) is 4.33. The molecule has 1 aliphatic carbocycles. The summed E-state index contributed by atoms with van der Waals surface area (Å²) in [5.41, 5.74) is 0.559. The molecular weight excluding hydrogens is 238 g/mol. The van der Waals surface area contributed by atoms with Gasteiger partial charge in [-0.25, -0.2) is 4.79 Å². The molecule has 5 heteroatoms. The summed E-state index contributed by atoms with van der Waals surface area (Å²) in [5.74, 6) is -1.08. The van der Waals surface area contributed by atoms with Crippen molar-refractivity contribution < 1.29 is 14.7 Å². The largest absolute Gasteiger partial charge is 0.478 e. The van der Waals surface area contributed by atoms with Crippen molar-refractivity contribution in [2.45, 2.75) is 25.3 Å². The van der Waals surface area contributed by atoms with Crippen LogP contribution in [0.2, 0.25) is 0 Å². The Morgan fingerprint density at radius 3 is 2.82 bits per heavy atom. The fourth-order valence-corrected chi connectivity index (χ4v) is 2.15. The second-order valence-corrected chi connectivity index (χ2v) is 5.37. The third-order valence-electron chi connectivity index (χ3n) is 2.69. The molecule has 2 rings (SSSR count). The zero-order chi connectivity index (χ0) is 12.5. The number of nitrogens with one attached hydrogen (secondary N) is 1. The van der Waals surface area contributed by atoms with E-state index in [1.165, 1.54) is 17.4 Å². The molecule has 0 saturated heterocycles. The average molecular weight is 251 g/mol. The van der Waals surface area contributed by atoms with Crippen molar-refractivity contribution in [3.63, 3.8) is 0 Å². The van der Waals surface area contributed by atoms with Gasteiger partial charge in [0.2, 0.25) is 0 Å². The molecule has 17 heavy (non-hydrogen) atoms. The predicted molar refractivity (Wildman–Crippen MR) is 66.1 cm³/mol. The number of hydrogen-bond acceptors (Lipinski definition) is 3. The lowest BCUT2D eigenvalue weighted by Crippen LogP contribution is -2.33. The fourth-order valence-electron chi connectivity index (χ4n) is 1.37. The van der Waals surface area contributed by atoms with Crippen LogP contribution in [-0.2, 0) is 4.79 Å². The van der Waals surface area contributed by atoms with E-state index in [0.717, 1.165) is 23.8 Å². The molecule has 0 aliphatic heterocycles. The number of carbonyl (C=O) groups excluding carboxylic acids is 1. The molecule has 0 radical (unpaired) electrons. The summed E-state index contributed by atoms with van der Waals surface area (Å²) >= 11 is 1.36. The molecule has 0 aromatic carbocycles. The van der Waals surface area contributed by atoms with E-state index in [0.29, 0.717) is 5.56 Å². The lowest BCUT2D eigenvalue weighted by molar-refractivity contribution is -0.131. The molecule has 0 unspecified atom stereocenters. The molecular formula is C12H13NO3S. The Morgan fingerprint density at radius 1 is 1.53 bits per heavy atom. The molecule has 0 bridgehead atoms. The van der Waals surface area contributed by atoms with Gasteiger partial charge in [-0.2, -0.15) is 0 Å². The average Bonchev–Trinajstić information content (AvgIpc) is 2.82. The Morgan fingerprint density at radius 2 is 2.24 bits per heavy atom. The first kappa shape index (κ1) is 11.9. The highest BCUT2D eigenvalue weighted by atomic mass is 32.1. The van der Waals surface area contributed by atoms with Crippen LogP contribution in [0.15, 0.2) is 17.5 Å². The van der Waals surface area contributed by atoms with Gasteiger partial charge in [-0.05, 0) is 31.9 Å². The zero-order valence-corrected chi connectivity index (χ0v) is 10.2. The first-order chi connectivity index (χ1) is 7.98. The van der Waals surface area contributed by atoms with Gasteiger partial charge in [0, 0.05) is 21.9 Å². The van der Waals surface area contributed by atoms with Gasteiger partial charge in [0.25, 0.3) is 5.91 Å². The molecule has 2 N–H and O–H groups in total. The van der Waals surface area contributed by atoms with Crippen LogP contribution in [0.5, 0.6) is 0 Å². The Hall–Kier alpha value is -1.62. The van der Waals surface area contributed by atoms with E-state index in [4.69, 9.17) is 5.11 Å². The highest BCUT2D eigenvalue weighted by molar-refractivity contribution is 7.11. The molecule has 1 aromatic heterocycles. The maximum absolute atomic E-state index is 11.8. The van der Waals surface area contributed by atoms with Crippen LogP contribution in [0.1, 0.15) is 35.0 Å². The lowest BCUT2D eigenvalue weighted by Gasteiger charge is -2.09. The number of carbonyl (C=O) groups is 2. The van der Waals surface area contributed by atoms with E-state index in [-0.39, 0.29) is 11.4 Å². The molecule has 1 saturated carbocycles. The first-order valence-corrected chi connectivity index (χ1v) is 6.19. The maximum Gasteiger partial charge on any atom is 0.328 e. The highest BCUT2D eigenvalue weighted by Crippen LogP contribution is 2.34. The van der Waals surface area contributed by atoms with Crippen molar-refractivity contribution in [2.75, 3.05) is 0 Å². The molecule has 1 aromatic rings. The van der Waals surface area contributed by atoms with Gasteiger partial charge >= 0.3 is 5.97 Å². The van der Waals surface area contributed by atoms with Crippen molar-refractivity contribution in [3.05, 3.63) is 28.0 Å². The summed E-state index contributed by atoms with van der Waals surface area (Å²) < 4.78 is 0. The molecule has 4 nitrogen and oxygen atoms in total. The maximum atomic E-state index is 11.8. The van der Waals surface area contributed by atoms with E-state index >= 15 is 0 Å². The predicted octanol–water partition coefficient (Wildman–Crippen LogP) is 2.13. The Bertz CT molecular complexity index is 486. The van der Waals surface area contributed by atoms with Crippen LogP contribution in [0.3, 0.4) is 0 Å². The van der Waals surface area contributed by atoms with Crippen LogP contribution in [0, 0.1) is 0 Å². The first-order valence-electron chi connectivity index (χ1n) is 5.31. The van der Waals surface area contributed by atoms with E-state index in [9.17, 15) is 9.59 Å². The van der Waals surface area contributed by atoms with Crippen LogP contribution in [0.25, 0.3) is 6.08 Å². The van der Waals surface area contributed by atoms with E-state index < -0.39 is 5.97 Å². The third kappa shape index (κ3) is 3.17. The van der Waals surface area contributed by atoms with Crippen LogP contribution >= 0.6 is 11.3 Å². The lowest BCUT2D eigenvalue weighted by atomic mass is 10.2. The third-order valence-corrected chi connectivity index (χ3v) is 3.59. The number of amides is 1. The van der Waals surface area contributed by atoms with Crippen molar-refractivity contribution in [1.29, 1.82) is 0 Å². The summed E-state index contributed by atoms with van der Waals surface area (Å²) in [6, 6.07) is 1.70. The van der Waals surface area contributed by atoms with Crippen LogP contribution < -0.4 is 5.32 Å². The van der Waals surface area contributed by atoms with Gasteiger partial charge in [-0.15, -0.1) is 11.3 Å². The smallest absolute Gasteiger partial charge is 0.328 e. The number of rotatable bonds is 4. The normalized spacial score (nSPS) is 17.0. The molecule has 90 valence electrons. The van der Waals surface area contributed by atoms with Crippen LogP contribution in [0.4, 0.5) is 0 Å². The van der Waals surface area contributed by atoms with Crippen molar-refractivity contribution in [1.82, 2.24) is 5.32 Å². The minimum atomic E-state index is -0.991. The highest BCUT2D eigenvalue weighted by Gasteiger charge is 2.38. The van der Waals surface area contributed by atoms with Gasteiger partial charge in [0.1, 0.15) is 0 Å². The van der Waals surface area contributed by atoms with E-state index in [2.05, 4.69) is 5.32 Å². The quantitative estimate of drug-likeness (QED) is 0.806. The Kier molecular flexibility index (Phi) is 3.02. The molecule has 0 spiro atoms. The minimum absolute atomic E-state index is 0.0317. The summed E-state index contributed by atoms with van der Waals surface area (Å²) in [4.78, 5) is 22.9. The number of aliphatic carboxylic acids is 1. The summed E-state index contributed by atoms with van der Waals surface area (Å²) in [7, 11) is 0. The number of hydrogen-bond donors (Lipinski definition) is 2. The van der Waals surface area contributed by atoms with Crippen molar-refractivity contribution >= 4 is 29.3 Å². The number of carboxylic acid groups (broad SMARTS) is 1. The summed E-state index contributed by atoms with van der Waals surface area (Å²) in [5, 5.41) is 13.2. The van der Waals surface area contributed by atoms with Gasteiger partial charge in [0.15, 0.2) is 0 Å². The molecule has 1 fully saturated rings. The van der Waals surface area contributed by atoms with Crippen LogP contribution in [-0.4, -0.2) is 22.5 Å². The summed E-state index contributed by atoms with van der Waals surface area (Å²) in [6.45, 7) is 2.02. The van der Waals surface area contributed by atoms with Crippen molar-refractivity contribution in [2.24, 2.45) is 0 Å². The van der Waals surface area contributed by atoms with Gasteiger partial charge in [-0.1, -0.05) is 0 Å². The SMILES string of the molecule is CC1(NC(=O)c2csc(/C=C/C(=O)O)c2)CC1. The number of thiophene rings is 1. The Balaban J connectivity index is 2.02. The molecule has 1 aliphatic rings. The topological polar surface area (TPSA) is 66.4 Å². The summed E-state index contributed by atoms with van der Waals surface area (Å²) in [6.07, 6.45) is 4.60. The number of carboxylic acids is 1. The van der Waals surface area contributed by atoms with E-state index in [1.54, 1.807) is 11.4 Å². The Labute approximate surface area is 103 Å². The fraction of sp³-hybridized carbons (Fsp3) is 0.333. The molecule has 1 amide bonds. The van der Waals surface area contributed by atoms with Gasteiger partial charge in [-0.3, -0.25) is 4.79 Å². The standard InChI is InChI=1S/C12H13NO3S/c1-12(4-5-12)13-11(16)8-6-9(17-7-8)2-3-10(14)15/h2-3,6-7H,4-5H2,1H3,(H,13,16)(H,14,15)/b3-2+. The monoisotopic (exact) mass is 251 g/mol. The van der Waals surface area contributed by atoms with Crippen molar-refractivity contribution in [3.8, 4) is 0 Å². The molecule has 0 atom stereocenters. The second-order valence-electron chi connectivity index (χ2n) is 4.42. The van der Waals surface area contributed by atoms with Gasteiger partial charge < -0.3 is 10.4 Å². The van der Waals surface area contributed by atoms with E-state index in [1.807, 2.05) is 6.92 Å².